The third kappa shape index (κ3) is 2.00. The Hall–Kier alpha value is -1.02. The summed E-state index contributed by atoms with van der Waals surface area (Å²) in [5.41, 5.74) is 1.63. The van der Waals surface area contributed by atoms with Crippen LogP contribution in [0.25, 0.3) is 0 Å². The lowest BCUT2D eigenvalue weighted by atomic mass is 9.74. The smallest absolute Gasteiger partial charge is 0.122 e. The van der Waals surface area contributed by atoms with E-state index in [9.17, 15) is 0 Å². The van der Waals surface area contributed by atoms with Gasteiger partial charge in [0.25, 0.3) is 0 Å². The van der Waals surface area contributed by atoms with Crippen LogP contribution >= 0.6 is 0 Å². The summed E-state index contributed by atoms with van der Waals surface area (Å²) in [6.45, 7) is 4.55. The molecule has 0 saturated carbocycles. The first kappa shape index (κ1) is 10.5. The van der Waals surface area contributed by atoms with Gasteiger partial charge in [0.1, 0.15) is 5.75 Å². The first-order valence-corrected chi connectivity index (χ1v) is 5.60. The Morgan fingerprint density at radius 1 is 1.20 bits per heavy atom. The highest BCUT2D eigenvalue weighted by Crippen LogP contribution is 2.37. The van der Waals surface area contributed by atoms with Crippen LogP contribution in [0.15, 0.2) is 24.3 Å². The highest BCUT2D eigenvalue weighted by molar-refractivity contribution is 5.39. The van der Waals surface area contributed by atoms with E-state index < -0.39 is 0 Å². The van der Waals surface area contributed by atoms with Crippen LogP contribution in [-0.4, -0.2) is 20.2 Å². The summed E-state index contributed by atoms with van der Waals surface area (Å²) in [6.07, 6.45) is 2.38. The molecule has 1 N–H and O–H groups in total. The van der Waals surface area contributed by atoms with Crippen molar-refractivity contribution < 1.29 is 4.74 Å². The first-order valence-electron chi connectivity index (χ1n) is 5.60. The van der Waals surface area contributed by atoms with Gasteiger partial charge in [0, 0.05) is 5.56 Å². The molecule has 1 saturated heterocycles. The van der Waals surface area contributed by atoms with Gasteiger partial charge >= 0.3 is 0 Å². The van der Waals surface area contributed by atoms with Gasteiger partial charge in [-0.2, -0.15) is 0 Å². The Bertz CT molecular complexity index is 329. The molecule has 0 amide bonds. The average molecular weight is 205 g/mol. The number of nitrogens with one attached hydrogen (secondary N) is 1. The van der Waals surface area contributed by atoms with Crippen molar-refractivity contribution in [2.24, 2.45) is 0 Å². The van der Waals surface area contributed by atoms with E-state index in [0.29, 0.717) is 0 Å². The Labute approximate surface area is 91.6 Å². The van der Waals surface area contributed by atoms with E-state index in [0.717, 1.165) is 18.8 Å². The first-order chi connectivity index (χ1) is 7.26. The van der Waals surface area contributed by atoms with Gasteiger partial charge < -0.3 is 10.1 Å². The topological polar surface area (TPSA) is 21.3 Å². The molecule has 2 heteroatoms. The van der Waals surface area contributed by atoms with E-state index in [1.807, 2.05) is 6.07 Å². The Balaban J connectivity index is 2.34. The molecule has 1 fully saturated rings. The fourth-order valence-corrected chi connectivity index (χ4v) is 2.39. The lowest BCUT2D eigenvalue weighted by Crippen LogP contribution is -2.37. The molecule has 1 aromatic carbocycles. The molecule has 0 unspecified atom stereocenters. The molecular weight excluding hydrogens is 186 g/mol. The summed E-state index contributed by atoms with van der Waals surface area (Å²) in [6, 6.07) is 8.39. The second-order valence-corrected chi connectivity index (χ2v) is 4.51. The van der Waals surface area contributed by atoms with Crippen LogP contribution in [0.2, 0.25) is 0 Å². The summed E-state index contributed by atoms with van der Waals surface area (Å²) in [5, 5.41) is 3.41. The van der Waals surface area contributed by atoms with E-state index in [4.69, 9.17) is 4.74 Å². The zero-order valence-corrected chi connectivity index (χ0v) is 9.55. The quantitative estimate of drug-likeness (QED) is 0.800. The molecule has 2 nitrogen and oxygen atoms in total. The van der Waals surface area contributed by atoms with Crippen LogP contribution in [0.5, 0.6) is 5.75 Å². The van der Waals surface area contributed by atoms with E-state index in [-0.39, 0.29) is 5.41 Å². The summed E-state index contributed by atoms with van der Waals surface area (Å²) < 4.78 is 5.44. The minimum Gasteiger partial charge on any atom is -0.496 e. The number of ether oxygens (including phenoxy) is 1. The molecule has 1 aliphatic rings. The maximum atomic E-state index is 5.44. The van der Waals surface area contributed by atoms with Gasteiger partial charge in [0.15, 0.2) is 0 Å². The van der Waals surface area contributed by atoms with Gasteiger partial charge in [0.2, 0.25) is 0 Å². The highest BCUT2D eigenvalue weighted by atomic mass is 16.5. The number of methoxy groups -OCH3 is 1. The standard InChI is InChI=1S/C13H19NO/c1-13(7-9-14-10-8-13)11-5-3-4-6-12(11)15-2/h3-6,14H,7-10H2,1-2H3. The van der Waals surface area contributed by atoms with Gasteiger partial charge in [-0.05, 0) is 37.4 Å². The zero-order valence-electron chi connectivity index (χ0n) is 9.55. The normalized spacial score (nSPS) is 19.9. The van der Waals surface area contributed by atoms with Crippen molar-refractivity contribution in [3.63, 3.8) is 0 Å². The van der Waals surface area contributed by atoms with Crippen LogP contribution < -0.4 is 10.1 Å². The number of hydrogen-bond donors (Lipinski definition) is 1. The van der Waals surface area contributed by atoms with Gasteiger partial charge in [-0.15, -0.1) is 0 Å². The average Bonchev–Trinajstić information content (AvgIpc) is 2.30. The van der Waals surface area contributed by atoms with Crippen molar-refractivity contribution in [1.82, 2.24) is 5.32 Å². The fraction of sp³-hybridized carbons (Fsp3) is 0.538. The third-order valence-corrected chi connectivity index (χ3v) is 3.46. The van der Waals surface area contributed by atoms with E-state index in [2.05, 4.69) is 30.4 Å². The molecule has 0 spiro atoms. The second kappa shape index (κ2) is 4.23. The van der Waals surface area contributed by atoms with E-state index in [1.54, 1.807) is 7.11 Å². The molecule has 0 atom stereocenters. The molecular formula is C13H19NO. The lowest BCUT2D eigenvalue weighted by molar-refractivity contribution is 0.317. The second-order valence-electron chi connectivity index (χ2n) is 4.51. The summed E-state index contributed by atoms with van der Waals surface area (Å²) in [4.78, 5) is 0. The Morgan fingerprint density at radius 2 is 1.87 bits per heavy atom. The van der Waals surface area contributed by atoms with Crippen molar-refractivity contribution in [1.29, 1.82) is 0 Å². The molecule has 15 heavy (non-hydrogen) atoms. The molecule has 1 aliphatic heterocycles. The predicted molar refractivity (Wildman–Crippen MR) is 62.4 cm³/mol. The van der Waals surface area contributed by atoms with Crippen molar-refractivity contribution in [3.8, 4) is 5.75 Å². The molecule has 1 aromatic rings. The SMILES string of the molecule is COc1ccccc1C1(C)CCNCC1. The fourth-order valence-electron chi connectivity index (χ4n) is 2.39. The largest absolute Gasteiger partial charge is 0.496 e. The summed E-state index contributed by atoms with van der Waals surface area (Å²) in [5.74, 6) is 1.03. The maximum absolute atomic E-state index is 5.44. The Morgan fingerprint density at radius 3 is 2.53 bits per heavy atom. The number of hydrogen-bond acceptors (Lipinski definition) is 2. The van der Waals surface area contributed by atoms with E-state index in [1.165, 1.54) is 18.4 Å². The minimum absolute atomic E-state index is 0.276. The minimum atomic E-state index is 0.276. The number of benzene rings is 1. The molecule has 0 radical (unpaired) electrons. The van der Waals surface area contributed by atoms with Crippen LogP contribution in [0.1, 0.15) is 25.3 Å². The van der Waals surface area contributed by atoms with E-state index >= 15 is 0 Å². The number of rotatable bonds is 2. The van der Waals surface area contributed by atoms with Crippen molar-refractivity contribution >= 4 is 0 Å². The zero-order chi connectivity index (χ0) is 10.7. The van der Waals surface area contributed by atoms with Crippen molar-refractivity contribution in [3.05, 3.63) is 29.8 Å². The summed E-state index contributed by atoms with van der Waals surface area (Å²) in [7, 11) is 1.75. The molecule has 2 rings (SSSR count). The number of para-hydroxylation sites is 1. The van der Waals surface area contributed by atoms with Gasteiger partial charge in [-0.1, -0.05) is 25.1 Å². The van der Waals surface area contributed by atoms with Crippen LogP contribution in [-0.2, 0) is 5.41 Å². The van der Waals surface area contributed by atoms with Gasteiger partial charge in [0.05, 0.1) is 7.11 Å². The van der Waals surface area contributed by atoms with Gasteiger partial charge in [-0.3, -0.25) is 0 Å². The molecule has 0 aliphatic carbocycles. The monoisotopic (exact) mass is 205 g/mol. The molecule has 0 aromatic heterocycles. The van der Waals surface area contributed by atoms with Crippen molar-refractivity contribution in [2.75, 3.05) is 20.2 Å². The molecule has 1 heterocycles. The van der Waals surface area contributed by atoms with Crippen molar-refractivity contribution in [2.45, 2.75) is 25.2 Å². The molecule has 82 valence electrons. The Kier molecular flexibility index (Phi) is 2.96. The molecule has 0 bridgehead atoms. The predicted octanol–water partition coefficient (Wildman–Crippen LogP) is 2.34. The maximum Gasteiger partial charge on any atom is 0.122 e. The van der Waals surface area contributed by atoms with Gasteiger partial charge in [-0.25, -0.2) is 0 Å². The van der Waals surface area contributed by atoms with Crippen LogP contribution in [0, 0.1) is 0 Å². The highest BCUT2D eigenvalue weighted by Gasteiger charge is 2.30. The van der Waals surface area contributed by atoms with Crippen LogP contribution in [0.3, 0.4) is 0 Å². The third-order valence-electron chi connectivity index (χ3n) is 3.46. The number of piperidine rings is 1. The lowest BCUT2D eigenvalue weighted by Gasteiger charge is -2.35. The van der Waals surface area contributed by atoms with Crippen LogP contribution in [0.4, 0.5) is 0 Å². The summed E-state index contributed by atoms with van der Waals surface area (Å²) >= 11 is 0.